The van der Waals surface area contributed by atoms with Crippen LogP contribution < -0.4 is 0 Å². The lowest BCUT2D eigenvalue weighted by atomic mass is 10.0. The molecule has 1 unspecified atom stereocenters. The summed E-state index contributed by atoms with van der Waals surface area (Å²) < 4.78 is 1.50. The predicted octanol–water partition coefficient (Wildman–Crippen LogP) is 4.99. The number of nitrogens with zero attached hydrogens (tertiary/aromatic N) is 1. The molecule has 1 aromatic carbocycles. The van der Waals surface area contributed by atoms with Crippen LogP contribution in [0.3, 0.4) is 0 Å². The van der Waals surface area contributed by atoms with Gasteiger partial charge >= 0.3 is 0 Å². The Labute approximate surface area is 134 Å². The molecule has 2 nitrogen and oxygen atoms in total. The number of halogens is 2. The predicted molar refractivity (Wildman–Crippen MR) is 87.4 cm³/mol. The van der Waals surface area contributed by atoms with E-state index in [2.05, 4.69) is 20.9 Å². The molecule has 0 amide bonds. The molecule has 3 aromatic rings. The van der Waals surface area contributed by atoms with Crippen molar-refractivity contribution < 1.29 is 5.11 Å². The van der Waals surface area contributed by atoms with E-state index in [1.54, 1.807) is 6.20 Å². The van der Waals surface area contributed by atoms with Gasteiger partial charge in [0.1, 0.15) is 4.34 Å². The van der Waals surface area contributed by atoms with Gasteiger partial charge in [-0.2, -0.15) is 0 Å². The van der Waals surface area contributed by atoms with Crippen molar-refractivity contribution >= 4 is 49.8 Å². The van der Waals surface area contributed by atoms with Crippen molar-refractivity contribution in [3.05, 3.63) is 61.8 Å². The lowest BCUT2D eigenvalue weighted by molar-refractivity contribution is 0.182. The highest BCUT2D eigenvalue weighted by atomic mass is 79.9. The topological polar surface area (TPSA) is 33.1 Å². The Balaban J connectivity index is 1.93. The summed E-state index contributed by atoms with van der Waals surface area (Å²) in [5.74, 6) is 0. The van der Waals surface area contributed by atoms with Gasteiger partial charge in [0, 0.05) is 27.4 Å². The summed E-state index contributed by atoms with van der Waals surface area (Å²) in [7, 11) is 0. The molecule has 0 saturated heterocycles. The molecule has 2 heterocycles. The Bertz CT molecular complexity index is 734. The van der Waals surface area contributed by atoms with Crippen LogP contribution in [0.25, 0.3) is 10.9 Å². The van der Waals surface area contributed by atoms with Gasteiger partial charge in [-0.1, -0.05) is 29.8 Å². The maximum absolute atomic E-state index is 10.4. The van der Waals surface area contributed by atoms with Crippen LogP contribution in [0, 0.1) is 0 Å². The molecule has 1 atom stereocenters. The van der Waals surface area contributed by atoms with Crippen LogP contribution in [-0.2, 0) is 6.42 Å². The van der Waals surface area contributed by atoms with Gasteiger partial charge in [-0.25, -0.2) is 0 Å². The van der Waals surface area contributed by atoms with Crippen LogP contribution in [0.4, 0.5) is 0 Å². The molecular weight excluding hydrogens is 358 g/mol. The normalized spacial score (nSPS) is 12.8. The Morgan fingerprint density at radius 2 is 2.10 bits per heavy atom. The Morgan fingerprint density at radius 1 is 1.30 bits per heavy atom. The lowest BCUT2D eigenvalue weighted by Gasteiger charge is -2.10. The van der Waals surface area contributed by atoms with Crippen molar-refractivity contribution in [1.82, 2.24) is 4.98 Å². The SMILES string of the molecule is OC(Cc1ccnc2ccccc12)c1cc(Br)c(Cl)s1. The first-order valence-corrected chi connectivity index (χ1v) is 8.09. The molecule has 0 aliphatic carbocycles. The third-order valence-electron chi connectivity index (χ3n) is 3.15. The van der Waals surface area contributed by atoms with Gasteiger partial charge in [-0.15, -0.1) is 11.3 Å². The second-order valence-electron chi connectivity index (χ2n) is 4.48. The van der Waals surface area contributed by atoms with Gasteiger partial charge in [0.25, 0.3) is 0 Å². The average molecular weight is 369 g/mol. The van der Waals surface area contributed by atoms with Gasteiger partial charge in [0.15, 0.2) is 0 Å². The first-order chi connectivity index (χ1) is 9.65. The van der Waals surface area contributed by atoms with Crippen LogP contribution in [0.5, 0.6) is 0 Å². The fraction of sp³-hybridized carbons (Fsp3) is 0.133. The van der Waals surface area contributed by atoms with Gasteiger partial charge < -0.3 is 5.11 Å². The summed E-state index contributed by atoms with van der Waals surface area (Å²) in [6.45, 7) is 0. The summed E-state index contributed by atoms with van der Waals surface area (Å²) in [6, 6.07) is 11.8. The number of fused-ring (bicyclic) bond motifs is 1. The first-order valence-electron chi connectivity index (χ1n) is 6.10. The molecule has 0 spiro atoms. The number of hydrogen-bond donors (Lipinski definition) is 1. The number of aromatic nitrogens is 1. The molecular formula is C15H11BrClNOS. The maximum Gasteiger partial charge on any atom is 0.107 e. The third kappa shape index (κ3) is 2.74. The van der Waals surface area contributed by atoms with E-state index in [9.17, 15) is 5.11 Å². The fourth-order valence-corrected chi connectivity index (χ4v) is 3.89. The highest BCUT2D eigenvalue weighted by Crippen LogP contribution is 2.36. The zero-order valence-corrected chi connectivity index (χ0v) is 13.5. The van der Waals surface area contributed by atoms with E-state index >= 15 is 0 Å². The minimum absolute atomic E-state index is 0.548. The zero-order chi connectivity index (χ0) is 14.1. The van der Waals surface area contributed by atoms with Gasteiger partial charge in [0.2, 0.25) is 0 Å². The summed E-state index contributed by atoms with van der Waals surface area (Å²) in [5, 5.41) is 11.5. The van der Waals surface area contributed by atoms with Crippen molar-refractivity contribution in [2.45, 2.75) is 12.5 Å². The molecule has 102 valence electrons. The number of thiophene rings is 1. The van der Waals surface area contributed by atoms with Crippen LogP contribution in [0.15, 0.2) is 47.1 Å². The maximum atomic E-state index is 10.4. The second kappa shape index (κ2) is 5.82. The van der Waals surface area contributed by atoms with Crippen molar-refractivity contribution in [2.24, 2.45) is 0 Å². The lowest BCUT2D eigenvalue weighted by Crippen LogP contribution is -2.00. The zero-order valence-electron chi connectivity index (χ0n) is 10.4. The first kappa shape index (κ1) is 14.0. The smallest absolute Gasteiger partial charge is 0.107 e. The fourth-order valence-electron chi connectivity index (χ4n) is 2.17. The summed E-state index contributed by atoms with van der Waals surface area (Å²) in [4.78, 5) is 5.20. The Morgan fingerprint density at radius 3 is 2.85 bits per heavy atom. The molecule has 0 radical (unpaired) electrons. The van der Waals surface area contributed by atoms with Crippen molar-refractivity contribution in [1.29, 1.82) is 0 Å². The number of rotatable bonds is 3. The van der Waals surface area contributed by atoms with Crippen LogP contribution in [-0.4, -0.2) is 10.1 Å². The quantitative estimate of drug-likeness (QED) is 0.706. The van der Waals surface area contributed by atoms with Gasteiger partial charge in [-0.05, 0) is 39.7 Å². The second-order valence-corrected chi connectivity index (χ2v) is 7.02. The monoisotopic (exact) mass is 367 g/mol. The van der Waals surface area contributed by atoms with Gasteiger partial charge in [0.05, 0.1) is 11.6 Å². The van der Waals surface area contributed by atoms with E-state index < -0.39 is 6.10 Å². The number of aliphatic hydroxyl groups excluding tert-OH is 1. The van der Waals surface area contributed by atoms with E-state index in [1.807, 2.05) is 36.4 Å². The largest absolute Gasteiger partial charge is 0.387 e. The molecule has 0 saturated carbocycles. The number of benzene rings is 1. The summed E-state index contributed by atoms with van der Waals surface area (Å²) in [6.07, 6.45) is 1.77. The van der Waals surface area contributed by atoms with E-state index in [-0.39, 0.29) is 0 Å². The summed E-state index contributed by atoms with van der Waals surface area (Å²) >= 11 is 10.8. The van der Waals surface area contributed by atoms with Crippen LogP contribution in [0.1, 0.15) is 16.5 Å². The van der Waals surface area contributed by atoms with Crippen molar-refractivity contribution in [2.75, 3.05) is 0 Å². The van der Waals surface area contributed by atoms with E-state index in [1.165, 1.54) is 11.3 Å². The molecule has 0 fully saturated rings. The Hall–Kier alpha value is -0.940. The minimum atomic E-state index is -0.561. The number of hydrogen-bond acceptors (Lipinski definition) is 3. The van der Waals surface area contributed by atoms with Crippen LogP contribution in [0.2, 0.25) is 4.34 Å². The van der Waals surface area contributed by atoms with Crippen LogP contribution >= 0.6 is 38.9 Å². The molecule has 0 bridgehead atoms. The van der Waals surface area contributed by atoms with E-state index in [0.29, 0.717) is 10.8 Å². The molecule has 0 aliphatic rings. The number of para-hydroxylation sites is 1. The molecule has 1 N–H and O–H groups in total. The standard InChI is InChI=1S/C15H11BrClNOS/c16-11-8-14(20-15(11)17)13(19)7-9-5-6-18-12-4-2-1-3-10(9)12/h1-6,8,13,19H,7H2. The van der Waals surface area contributed by atoms with Gasteiger partial charge in [-0.3, -0.25) is 4.98 Å². The molecule has 0 aliphatic heterocycles. The Kier molecular flexibility index (Phi) is 4.08. The number of pyridine rings is 1. The molecule has 20 heavy (non-hydrogen) atoms. The third-order valence-corrected chi connectivity index (χ3v) is 5.72. The van der Waals surface area contributed by atoms with Crippen molar-refractivity contribution in [3.63, 3.8) is 0 Å². The highest BCUT2D eigenvalue weighted by molar-refractivity contribution is 9.10. The molecule has 3 rings (SSSR count). The molecule has 5 heteroatoms. The molecule has 2 aromatic heterocycles. The summed E-state index contributed by atoms with van der Waals surface area (Å²) in [5.41, 5.74) is 2.03. The number of aliphatic hydroxyl groups is 1. The van der Waals surface area contributed by atoms with Crippen molar-refractivity contribution in [3.8, 4) is 0 Å². The average Bonchev–Trinajstić information content (AvgIpc) is 2.79. The highest BCUT2D eigenvalue weighted by Gasteiger charge is 2.15. The minimum Gasteiger partial charge on any atom is -0.387 e. The van der Waals surface area contributed by atoms with E-state index in [4.69, 9.17) is 11.6 Å². The van der Waals surface area contributed by atoms with E-state index in [0.717, 1.165) is 25.8 Å².